The first-order valence-corrected chi connectivity index (χ1v) is 7.34. The number of fused-ring (bicyclic) bond motifs is 1. The fraction of sp³-hybridized carbons (Fsp3) is 0.533. The van der Waals surface area contributed by atoms with Crippen LogP contribution < -0.4 is 4.74 Å². The van der Waals surface area contributed by atoms with Crippen LogP contribution in [0.5, 0.6) is 5.75 Å². The molecule has 0 aliphatic carbocycles. The summed E-state index contributed by atoms with van der Waals surface area (Å²) in [5, 5.41) is 10.3. The molecule has 5 heteroatoms. The van der Waals surface area contributed by atoms with E-state index in [9.17, 15) is 9.90 Å². The summed E-state index contributed by atoms with van der Waals surface area (Å²) in [6.45, 7) is 3.10. The minimum Gasteiger partial charge on any atom is -0.480 e. The van der Waals surface area contributed by atoms with Crippen LogP contribution in [0, 0.1) is 5.92 Å². The molecule has 1 saturated heterocycles. The van der Waals surface area contributed by atoms with Gasteiger partial charge >= 0.3 is 0 Å². The van der Waals surface area contributed by atoms with Crippen molar-refractivity contribution in [1.82, 2.24) is 4.90 Å². The summed E-state index contributed by atoms with van der Waals surface area (Å²) in [4.78, 5) is 14.3. The Morgan fingerprint density at radius 1 is 1.55 bits per heavy atom. The third-order valence-electron chi connectivity index (χ3n) is 4.19. The molecule has 1 N–H and O–H groups in total. The normalized spacial score (nSPS) is 26.2. The van der Waals surface area contributed by atoms with Crippen molar-refractivity contribution < 1.29 is 14.6 Å². The molecule has 3 atom stereocenters. The summed E-state index contributed by atoms with van der Waals surface area (Å²) in [6.07, 6.45) is 0.615. The molecule has 1 fully saturated rings. The zero-order valence-electron chi connectivity index (χ0n) is 11.4. The lowest BCUT2D eigenvalue weighted by Gasteiger charge is -2.21. The van der Waals surface area contributed by atoms with Gasteiger partial charge in [0, 0.05) is 30.5 Å². The van der Waals surface area contributed by atoms with Gasteiger partial charge in [0.05, 0.1) is 6.10 Å². The number of hydrogen-bond donors (Lipinski definition) is 1. The van der Waals surface area contributed by atoms with Gasteiger partial charge in [-0.3, -0.25) is 4.79 Å². The number of rotatable bonds is 2. The minimum absolute atomic E-state index is 0.0143. The Morgan fingerprint density at radius 3 is 3.05 bits per heavy atom. The van der Waals surface area contributed by atoms with E-state index in [0.717, 1.165) is 17.7 Å². The van der Waals surface area contributed by atoms with E-state index in [1.165, 1.54) is 0 Å². The van der Waals surface area contributed by atoms with E-state index in [1.807, 2.05) is 12.1 Å². The lowest BCUT2D eigenvalue weighted by Crippen LogP contribution is -2.40. The maximum atomic E-state index is 12.5. The predicted molar refractivity (Wildman–Crippen MR) is 75.9 cm³/mol. The molecule has 20 heavy (non-hydrogen) atoms. The third kappa shape index (κ3) is 2.50. The largest absolute Gasteiger partial charge is 0.480 e. The van der Waals surface area contributed by atoms with Crippen molar-refractivity contribution in [2.24, 2.45) is 5.92 Å². The second kappa shape index (κ2) is 5.26. The summed E-state index contributed by atoms with van der Waals surface area (Å²) < 4.78 is 5.72. The molecule has 0 bridgehead atoms. The average molecular weight is 296 g/mol. The van der Waals surface area contributed by atoms with Crippen LogP contribution in [0.25, 0.3) is 0 Å². The molecule has 1 aromatic rings. The van der Waals surface area contributed by atoms with E-state index < -0.39 is 6.10 Å². The van der Waals surface area contributed by atoms with Crippen molar-refractivity contribution in [2.75, 3.05) is 13.1 Å². The smallest absolute Gasteiger partial charge is 0.264 e. The van der Waals surface area contributed by atoms with Gasteiger partial charge in [0.15, 0.2) is 6.10 Å². The van der Waals surface area contributed by atoms with Crippen LogP contribution in [0.2, 0.25) is 5.02 Å². The number of amides is 1. The van der Waals surface area contributed by atoms with Gasteiger partial charge in [-0.1, -0.05) is 11.6 Å². The molecule has 0 spiro atoms. The third-order valence-corrected chi connectivity index (χ3v) is 4.43. The van der Waals surface area contributed by atoms with Gasteiger partial charge in [0.25, 0.3) is 5.91 Å². The highest BCUT2D eigenvalue weighted by atomic mass is 35.5. The molecule has 4 nitrogen and oxygen atoms in total. The molecule has 3 rings (SSSR count). The zero-order chi connectivity index (χ0) is 14.3. The highest BCUT2D eigenvalue weighted by Gasteiger charge is 2.36. The van der Waals surface area contributed by atoms with Crippen molar-refractivity contribution in [3.05, 3.63) is 28.8 Å². The number of halogens is 1. The van der Waals surface area contributed by atoms with Crippen molar-refractivity contribution >= 4 is 17.5 Å². The maximum absolute atomic E-state index is 12.5. The van der Waals surface area contributed by atoms with E-state index in [-0.39, 0.29) is 17.9 Å². The van der Waals surface area contributed by atoms with Gasteiger partial charge in [-0.15, -0.1) is 0 Å². The van der Waals surface area contributed by atoms with Crippen molar-refractivity contribution in [3.8, 4) is 5.75 Å². The van der Waals surface area contributed by atoms with Crippen molar-refractivity contribution in [1.29, 1.82) is 0 Å². The van der Waals surface area contributed by atoms with Gasteiger partial charge in [-0.05, 0) is 37.1 Å². The molecule has 108 valence electrons. The lowest BCUT2D eigenvalue weighted by atomic mass is 10.0. The summed E-state index contributed by atoms with van der Waals surface area (Å²) in [5.41, 5.74) is 0.988. The van der Waals surface area contributed by atoms with E-state index in [2.05, 4.69) is 0 Å². The monoisotopic (exact) mass is 295 g/mol. The number of benzene rings is 1. The van der Waals surface area contributed by atoms with E-state index >= 15 is 0 Å². The number of aliphatic hydroxyl groups excluding tert-OH is 1. The highest BCUT2D eigenvalue weighted by molar-refractivity contribution is 6.30. The molecular formula is C15H18ClNO3. The molecule has 3 unspecified atom stereocenters. The van der Waals surface area contributed by atoms with E-state index in [4.69, 9.17) is 16.3 Å². The molecule has 0 radical (unpaired) electrons. The first-order valence-electron chi connectivity index (χ1n) is 6.96. The van der Waals surface area contributed by atoms with Gasteiger partial charge in [-0.2, -0.15) is 0 Å². The van der Waals surface area contributed by atoms with E-state index in [1.54, 1.807) is 17.9 Å². The van der Waals surface area contributed by atoms with Crippen molar-refractivity contribution in [2.45, 2.75) is 32.0 Å². The summed E-state index contributed by atoms with van der Waals surface area (Å²) in [6, 6.07) is 5.44. The average Bonchev–Trinajstić information content (AvgIpc) is 3.03. The summed E-state index contributed by atoms with van der Waals surface area (Å²) in [5.74, 6) is 0.941. The molecule has 2 aliphatic heterocycles. The first-order chi connectivity index (χ1) is 9.54. The lowest BCUT2D eigenvalue weighted by molar-refractivity contribution is -0.137. The quantitative estimate of drug-likeness (QED) is 0.906. The number of hydrogen-bond acceptors (Lipinski definition) is 3. The van der Waals surface area contributed by atoms with Gasteiger partial charge in [0.2, 0.25) is 0 Å². The molecule has 1 aromatic carbocycles. The van der Waals surface area contributed by atoms with Crippen LogP contribution >= 0.6 is 11.6 Å². The maximum Gasteiger partial charge on any atom is 0.264 e. The molecule has 1 amide bonds. The van der Waals surface area contributed by atoms with Gasteiger partial charge in [0.1, 0.15) is 5.75 Å². The molecule has 0 saturated carbocycles. The van der Waals surface area contributed by atoms with Crippen LogP contribution in [-0.2, 0) is 11.2 Å². The fourth-order valence-corrected chi connectivity index (χ4v) is 3.13. The number of nitrogens with zero attached hydrogens (tertiary/aromatic N) is 1. The molecule has 2 aliphatic rings. The molecule has 2 heterocycles. The number of ether oxygens (including phenoxy) is 1. The van der Waals surface area contributed by atoms with Crippen LogP contribution in [0.15, 0.2) is 18.2 Å². The van der Waals surface area contributed by atoms with Gasteiger partial charge in [-0.25, -0.2) is 0 Å². The Morgan fingerprint density at radius 2 is 2.35 bits per heavy atom. The number of carbonyl (C=O) groups is 1. The van der Waals surface area contributed by atoms with Crippen LogP contribution in [0.3, 0.4) is 0 Å². The predicted octanol–water partition coefficient (Wildman–Crippen LogP) is 1.87. The number of aliphatic hydroxyl groups is 1. The zero-order valence-corrected chi connectivity index (χ0v) is 12.1. The van der Waals surface area contributed by atoms with Crippen LogP contribution in [-0.4, -0.2) is 41.2 Å². The Kier molecular flexibility index (Phi) is 3.61. The Hall–Kier alpha value is -1.26. The van der Waals surface area contributed by atoms with Gasteiger partial charge < -0.3 is 14.7 Å². The summed E-state index contributed by atoms with van der Waals surface area (Å²) >= 11 is 5.95. The van der Waals surface area contributed by atoms with E-state index in [0.29, 0.717) is 24.5 Å². The number of carbonyl (C=O) groups excluding carboxylic acids is 1. The standard InChI is InChI=1S/C15H18ClNO3/c1-9(18)10-4-5-17(8-10)15(19)14-7-11-6-12(16)2-3-13(11)20-14/h2-3,6,9-10,14,18H,4-5,7-8H2,1H3. The topological polar surface area (TPSA) is 49.8 Å². The van der Waals surface area contributed by atoms with Crippen LogP contribution in [0.1, 0.15) is 18.9 Å². The number of likely N-dealkylation sites (tertiary alicyclic amines) is 1. The minimum atomic E-state index is -0.448. The Labute approximate surface area is 123 Å². The summed E-state index contributed by atoms with van der Waals surface area (Å²) in [7, 11) is 0. The fourth-order valence-electron chi connectivity index (χ4n) is 2.94. The first kappa shape index (κ1) is 13.7. The van der Waals surface area contributed by atoms with Crippen LogP contribution in [0.4, 0.5) is 0 Å². The Bertz CT molecular complexity index is 532. The SMILES string of the molecule is CC(O)C1CCN(C(=O)C2Cc3cc(Cl)ccc3O2)C1. The molecule has 0 aromatic heterocycles. The van der Waals surface area contributed by atoms with Crippen molar-refractivity contribution in [3.63, 3.8) is 0 Å². The molecular weight excluding hydrogens is 278 g/mol. The second-order valence-electron chi connectivity index (χ2n) is 5.64. The highest BCUT2D eigenvalue weighted by Crippen LogP contribution is 2.32. The Balaban J connectivity index is 1.66. The second-order valence-corrected chi connectivity index (χ2v) is 6.07.